The molecule has 1 aromatic carbocycles. The third kappa shape index (κ3) is 7.71. The minimum Gasteiger partial charge on any atom is -0.491 e. The summed E-state index contributed by atoms with van der Waals surface area (Å²) in [5.41, 5.74) is 0.669. The molecule has 4 nitrogen and oxygen atoms in total. The molecule has 118 valence electrons. The van der Waals surface area contributed by atoms with Crippen molar-refractivity contribution in [2.75, 3.05) is 26.4 Å². The van der Waals surface area contributed by atoms with E-state index in [9.17, 15) is 4.79 Å². The number of hydrogen-bond donors (Lipinski definition) is 1. The van der Waals surface area contributed by atoms with Crippen molar-refractivity contribution in [3.05, 3.63) is 29.8 Å². The molecule has 0 fully saturated rings. The molecular weight excluding hydrogens is 266 g/mol. The van der Waals surface area contributed by atoms with Crippen molar-refractivity contribution in [3.63, 3.8) is 0 Å². The maximum Gasteiger partial charge on any atom is 0.251 e. The first-order valence-electron chi connectivity index (χ1n) is 7.86. The van der Waals surface area contributed by atoms with E-state index in [0.29, 0.717) is 25.4 Å². The average Bonchev–Trinajstić information content (AvgIpc) is 2.52. The van der Waals surface area contributed by atoms with Crippen LogP contribution in [-0.2, 0) is 4.74 Å². The van der Waals surface area contributed by atoms with Crippen molar-refractivity contribution >= 4 is 5.91 Å². The quantitative estimate of drug-likeness (QED) is 0.636. The molecular formula is C17H27NO3. The zero-order valence-electron chi connectivity index (χ0n) is 13.2. The molecule has 21 heavy (non-hydrogen) atoms. The Kier molecular flexibility index (Phi) is 9.29. The van der Waals surface area contributed by atoms with E-state index in [2.05, 4.69) is 12.2 Å². The van der Waals surface area contributed by atoms with Crippen LogP contribution in [0.15, 0.2) is 24.3 Å². The SMILES string of the molecule is CCCCCCNC(=O)c1ccc(OCCOCC)cc1. The van der Waals surface area contributed by atoms with Gasteiger partial charge in [-0.3, -0.25) is 4.79 Å². The van der Waals surface area contributed by atoms with Gasteiger partial charge in [0.05, 0.1) is 6.61 Å². The maximum atomic E-state index is 11.9. The molecule has 0 unspecified atom stereocenters. The third-order valence-corrected chi connectivity index (χ3v) is 3.13. The van der Waals surface area contributed by atoms with E-state index in [1.807, 2.05) is 19.1 Å². The molecule has 0 saturated heterocycles. The monoisotopic (exact) mass is 293 g/mol. The first-order chi connectivity index (χ1) is 10.3. The first kappa shape index (κ1) is 17.5. The van der Waals surface area contributed by atoms with Crippen molar-refractivity contribution < 1.29 is 14.3 Å². The van der Waals surface area contributed by atoms with Crippen molar-refractivity contribution in [2.24, 2.45) is 0 Å². The van der Waals surface area contributed by atoms with Gasteiger partial charge in [0.1, 0.15) is 12.4 Å². The van der Waals surface area contributed by atoms with Crippen LogP contribution in [0.2, 0.25) is 0 Å². The zero-order chi connectivity index (χ0) is 15.3. The summed E-state index contributed by atoms with van der Waals surface area (Å²) >= 11 is 0. The van der Waals surface area contributed by atoms with Crippen LogP contribution in [0.1, 0.15) is 49.9 Å². The summed E-state index contributed by atoms with van der Waals surface area (Å²) in [6, 6.07) is 7.21. The topological polar surface area (TPSA) is 47.6 Å². The van der Waals surface area contributed by atoms with Crippen molar-refractivity contribution in [2.45, 2.75) is 39.5 Å². The van der Waals surface area contributed by atoms with Gasteiger partial charge in [0.15, 0.2) is 0 Å². The Morgan fingerprint density at radius 3 is 2.48 bits per heavy atom. The number of hydrogen-bond acceptors (Lipinski definition) is 3. The van der Waals surface area contributed by atoms with Crippen LogP contribution in [0, 0.1) is 0 Å². The summed E-state index contributed by atoms with van der Waals surface area (Å²) in [6.07, 6.45) is 4.64. The Hall–Kier alpha value is -1.55. The fraction of sp³-hybridized carbons (Fsp3) is 0.588. The Bertz CT molecular complexity index is 390. The van der Waals surface area contributed by atoms with Gasteiger partial charge >= 0.3 is 0 Å². The molecule has 0 saturated carbocycles. The fourth-order valence-corrected chi connectivity index (χ4v) is 1.92. The van der Waals surface area contributed by atoms with E-state index in [1.54, 1.807) is 12.1 Å². The molecule has 0 aromatic heterocycles. The van der Waals surface area contributed by atoms with Crippen molar-refractivity contribution in [1.29, 1.82) is 0 Å². The normalized spacial score (nSPS) is 10.4. The predicted molar refractivity (Wildman–Crippen MR) is 84.9 cm³/mol. The molecule has 1 amide bonds. The summed E-state index contributed by atoms with van der Waals surface area (Å²) in [4.78, 5) is 11.9. The van der Waals surface area contributed by atoms with Gasteiger partial charge in [0.2, 0.25) is 0 Å². The zero-order valence-corrected chi connectivity index (χ0v) is 13.2. The van der Waals surface area contributed by atoms with Crippen molar-refractivity contribution in [3.8, 4) is 5.75 Å². The van der Waals surface area contributed by atoms with Crippen LogP contribution >= 0.6 is 0 Å². The minimum atomic E-state index is -0.0210. The number of nitrogens with one attached hydrogen (secondary N) is 1. The lowest BCUT2D eigenvalue weighted by molar-refractivity contribution is 0.0952. The molecule has 0 aliphatic carbocycles. The second kappa shape index (κ2) is 11.1. The third-order valence-electron chi connectivity index (χ3n) is 3.13. The van der Waals surface area contributed by atoms with Crippen LogP contribution in [0.3, 0.4) is 0 Å². The number of unbranched alkanes of at least 4 members (excludes halogenated alkanes) is 3. The highest BCUT2D eigenvalue weighted by Crippen LogP contribution is 2.12. The lowest BCUT2D eigenvalue weighted by Gasteiger charge is -2.08. The number of rotatable bonds is 11. The Morgan fingerprint density at radius 1 is 1.05 bits per heavy atom. The Balaban J connectivity index is 2.27. The second-order valence-electron chi connectivity index (χ2n) is 4.89. The molecule has 0 spiro atoms. The van der Waals surface area contributed by atoms with Crippen LogP contribution < -0.4 is 10.1 Å². The lowest BCUT2D eigenvalue weighted by atomic mass is 10.2. The minimum absolute atomic E-state index is 0.0210. The van der Waals surface area contributed by atoms with Gasteiger partial charge in [-0.05, 0) is 37.6 Å². The van der Waals surface area contributed by atoms with Crippen molar-refractivity contribution in [1.82, 2.24) is 5.32 Å². The van der Waals surface area contributed by atoms with Gasteiger partial charge in [0, 0.05) is 18.7 Å². The molecule has 1 N–H and O–H groups in total. The largest absolute Gasteiger partial charge is 0.491 e. The van der Waals surface area contributed by atoms with Crippen LogP contribution in [0.25, 0.3) is 0 Å². The molecule has 0 bridgehead atoms. The molecule has 0 aliphatic heterocycles. The average molecular weight is 293 g/mol. The molecule has 4 heteroatoms. The van der Waals surface area contributed by atoms with E-state index in [1.165, 1.54) is 19.3 Å². The predicted octanol–water partition coefficient (Wildman–Crippen LogP) is 3.41. The molecule has 0 aliphatic rings. The highest BCUT2D eigenvalue weighted by atomic mass is 16.5. The maximum absolute atomic E-state index is 11.9. The number of ether oxygens (including phenoxy) is 2. The summed E-state index contributed by atoms with van der Waals surface area (Å²) in [6.45, 7) is 6.67. The molecule has 1 rings (SSSR count). The highest BCUT2D eigenvalue weighted by Gasteiger charge is 2.04. The number of amides is 1. The van der Waals surface area contributed by atoms with E-state index in [4.69, 9.17) is 9.47 Å². The second-order valence-corrected chi connectivity index (χ2v) is 4.89. The van der Waals surface area contributed by atoms with Gasteiger partial charge < -0.3 is 14.8 Å². The standard InChI is InChI=1S/C17H27NO3/c1-3-5-6-7-12-18-17(19)15-8-10-16(11-9-15)21-14-13-20-4-2/h8-11H,3-7,12-14H2,1-2H3,(H,18,19). The molecule has 0 heterocycles. The van der Waals surface area contributed by atoms with E-state index in [0.717, 1.165) is 18.7 Å². The van der Waals surface area contributed by atoms with Gasteiger partial charge in [-0.15, -0.1) is 0 Å². The molecule has 0 atom stereocenters. The summed E-state index contributed by atoms with van der Waals surface area (Å²) in [7, 11) is 0. The Morgan fingerprint density at radius 2 is 1.81 bits per heavy atom. The lowest BCUT2D eigenvalue weighted by Crippen LogP contribution is -2.24. The first-order valence-corrected chi connectivity index (χ1v) is 7.86. The van der Waals surface area contributed by atoms with Gasteiger partial charge in [-0.1, -0.05) is 26.2 Å². The summed E-state index contributed by atoms with van der Waals surface area (Å²) < 4.78 is 10.7. The van der Waals surface area contributed by atoms with E-state index < -0.39 is 0 Å². The van der Waals surface area contributed by atoms with Gasteiger partial charge in [-0.25, -0.2) is 0 Å². The number of carbonyl (C=O) groups is 1. The fourth-order valence-electron chi connectivity index (χ4n) is 1.92. The molecule has 0 radical (unpaired) electrons. The number of carbonyl (C=O) groups excluding carboxylic acids is 1. The van der Waals surface area contributed by atoms with Crippen LogP contribution in [-0.4, -0.2) is 32.3 Å². The number of benzene rings is 1. The van der Waals surface area contributed by atoms with Gasteiger partial charge in [-0.2, -0.15) is 0 Å². The van der Waals surface area contributed by atoms with Crippen LogP contribution in [0.5, 0.6) is 5.75 Å². The molecule has 1 aromatic rings. The van der Waals surface area contributed by atoms with E-state index in [-0.39, 0.29) is 5.91 Å². The smallest absolute Gasteiger partial charge is 0.251 e. The van der Waals surface area contributed by atoms with Gasteiger partial charge in [0.25, 0.3) is 5.91 Å². The Labute approximate surface area is 127 Å². The van der Waals surface area contributed by atoms with E-state index >= 15 is 0 Å². The summed E-state index contributed by atoms with van der Waals surface area (Å²) in [5.74, 6) is 0.738. The summed E-state index contributed by atoms with van der Waals surface area (Å²) in [5, 5.41) is 2.94. The highest BCUT2D eigenvalue weighted by molar-refractivity contribution is 5.94. The van der Waals surface area contributed by atoms with Crippen LogP contribution in [0.4, 0.5) is 0 Å².